The van der Waals surface area contributed by atoms with E-state index in [9.17, 15) is 15.0 Å². The third-order valence-electron chi connectivity index (χ3n) is 2.81. The van der Waals surface area contributed by atoms with E-state index < -0.39 is 35.9 Å². The summed E-state index contributed by atoms with van der Waals surface area (Å²) < 4.78 is 20.3. The molecule has 4 atom stereocenters. The molecule has 0 bridgehead atoms. The van der Waals surface area contributed by atoms with Crippen molar-refractivity contribution in [3.8, 4) is 0 Å². The third-order valence-corrected chi connectivity index (χ3v) is 2.81. The Hall–Kier alpha value is -0.770. The minimum atomic E-state index is -2.56. The SMILES string of the molecule is CC1(C)O[C@@H]([C@@H]2OCOC[C@@H]2O)[C@@](O)(C(=O)O)O1. The first-order valence-electron chi connectivity index (χ1n) is 5.47. The van der Waals surface area contributed by atoms with E-state index in [1.807, 2.05) is 0 Å². The van der Waals surface area contributed by atoms with Gasteiger partial charge in [-0.15, -0.1) is 0 Å². The Morgan fingerprint density at radius 2 is 2.06 bits per heavy atom. The molecule has 2 saturated heterocycles. The largest absolute Gasteiger partial charge is 0.477 e. The van der Waals surface area contributed by atoms with Crippen LogP contribution in [0.2, 0.25) is 0 Å². The van der Waals surface area contributed by atoms with E-state index in [-0.39, 0.29) is 13.4 Å². The summed E-state index contributed by atoms with van der Waals surface area (Å²) in [5, 5.41) is 28.8. The predicted octanol–water partition coefficient (Wildman–Crippen LogP) is -1.36. The third kappa shape index (κ3) is 2.22. The van der Waals surface area contributed by atoms with Crippen LogP contribution in [0, 0.1) is 0 Å². The van der Waals surface area contributed by atoms with Crippen molar-refractivity contribution in [2.45, 2.75) is 43.7 Å². The average molecular weight is 264 g/mol. The molecular weight excluding hydrogens is 248 g/mol. The van der Waals surface area contributed by atoms with Crippen LogP contribution in [0.1, 0.15) is 13.8 Å². The number of hydrogen-bond donors (Lipinski definition) is 3. The molecule has 2 heterocycles. The van der Waals surface area contributed by atoms with Crippen molar-refractivity contribution in [3.05, 3.63) is 0 Å². The quantitative estimate of drug-likeness (QED) is 0.560. The maximum absolute atomic E-state index is 11.1. The van der Waals surface area contributed by atoms with E-state index in [0.717, 1.165) is 0 Å². The summed E-state index contributed by atoms with van der Waals surface area (Å²) in [6.45, 7) is 2.79. The summed E-state index contributed by atoms with van der Waals surface area (Å²) in [5.41, 5.74) is 0. The van der Waals surface area contributed by atoms with Crippen molar-refractivity contribution in [2.24, 2.45) is 0 Å². The monoisotopic (exact) mass is 264 g/mol. The number of aliphatic hydroxyl groups excluding tert-OH is 1. The van der Waals surface area contributed by atoms with Gasteiger partial charge in [0.15, 0.2) is 11.9 Å². The van der Waals surface area contributed by atoms with Crippen molar-refractivity contribution in [3.63, 3.8) is 0 Å². The molecule has 8 nitrogen and oxygen atoms in total. The molecule has 104 valence electrons. The number of aliphatic carboxylic acids is 1. The van der Waals surface area contributed by atoms with Crippen LogP contribution in [0.4, 0.5) is 0 Å². The van der Waals surface area contributed by atoms with Gasteiger partial charge in [-0.25, -0.2) is 4.79 Å². The van der Waals surface area contributed by atoms with Gasteiger partial charge in [0.1, 0.15) is 19.0 Å². The Morgan fingerprint density at radius 1 is 1.39 bits per heavy atom. The van der Waals surface area contributed by atoms with E-state index >= 15 is 0 Å². The molecule has 2 rings (SSSR count). The standard InChI is InChI=1S/C10H16O8/c1-9(2)17-7(10(14,18-9)8(12)13)6-5(11)3-15-4-16-6/h5-7,11,14H,3-4H2,1-2H3,(H,12,13)/t5-,6+,7-,10-/m0/s1. The molecule has 2 fully saturated rings. The Bertz CT molecular complexity index is 343. The highest BCUT2D eigenvalue weighted by atomic mass is 16.8. The zero-order valence-electron chi connectivity index (χ0n) is 10.0. The van der Waals surface area contributed by atoms with Gasteiger partial charge in [-0.05, 0) is 13.8 Å². The van der Waals surface area contributed by atoms with Crippen LogP contribution in [0.5, 0.6) is 0 Å². The topological polar surface area (TPSA) is 115 Å². The minimum Gasteiger partial charge on any atom is -0.477 e. The highest BCUT2D eigenvalue weighted by Gasteiger charge is 2.62. The molecule has 18 heavy (non-hydrogen) atoms. The van der Waals surface area contributed by atoms with E-state index in [2.05, 4.69) is 0 Å². The highest BCUT2D eigenvalue weighted by molar-refractivity contribution is 5.76. The molecule has 0 amide bonds. The molecular formula is C10H16O8. The number of rotatable bonds is 2. The maximum Gasteiger partial charge on any atom is 0.367 e. The zero-order chi connectivity index (χ0) is 13.6. The van der Waals surface area contributed by atoms with Gasteiger partial charge < -0.3 is 34.3 Å². The van der Waals surface area contributed by atoms with Gasteiger partial charge >= 0.3 is 5.97 Å². The molecule has 0 aromatic carbocycles. The Labute approximate surface area is 103 Å². The lowest BCUT2D eigenvalue weighted by Gasteiger charge is -2.34. The summed E-state index contributed by atoms with van der Waals surface area (Å²) in [7, 11) is 0. The summed E-state index contributed by atoms with van der Waals surface area (Å²) in [6, 6.07) is 0. The van der Waals surface area contributed by atoms with E-state index in [0.29, 0.717) is 0 Å². The lowest BCUT2D eigenvalue weighted by atomic mass is 10.00. The van der Waals surface area contributed by atoms with E-state index in [1.54, 1.807) is 0 Å². The van der Waals surface area contributed by atoms with Crippen LogP contribution in [0.3, 0.4) is 0 Å². The zero-order valence-corrected chi connectivity index (χ0v) is 10.0. The van der Waals surface area contributed by atoms with Gasteiger partial charge in [-0.3, -0.25) is 0 Å². The smallest absolute Gasteiger partial charge is 0.367 e. The van der Waals surface area contributed by atoms with Crippen molar-refractivity contribution < 1.29 is 39.1 Å². The van der Waals surface area contributed by atoms with Crippen molar-refractivity contribution in [1.82, 2.24) is 0 Å². The molecule has 2 aliphatic heterocycles. The molecule has 0 spiro atoms. The molecule has 0 unspecified atom stereocenters. The second kappa shape index (κ2) is 4.41. The van der Waals surface area contributed by atoms with Crippen molar-refractivity contribution in [1.29, 1.82) is 0 Å². The van der Waals surface area contributed by atoms with Gasteiger partial charge in [0.05, 0.1) is 6.61 Å². The van der Waals surface area contributed by atoms with Crippen LogP contribution < -0.4 is 0 Å². The molecule has 0 aliphatic carbocycles. The van der Waals surface area contributed by atoms with Gasteiger partial charge in [-0.2, -0.15) is 0 Å². The summed E-state index contributed by atoms with van der Waals surface area (Å²) in [5.74, 6) is -5.45. The molecule has 0 aromatic heterocycles. The fourth-order valence-corrected chi connectivity index (χ4v) is 2.09. The van der Waals surface area contributed by atoms with Crippen LogP contribution in [-0.4, -0.2) is 64.6 Å². The van der Waals surface area contributed by atoms with Gasteiger partial charge in [0.25, 0.3) is 5.79 Å². The Morgan fingerprint density at radius 3 is 2.61 bits per heavy atom. The number of ether oxygens (including phenoxy) is 4. The number of carbonyl (C=O) groups is 1. The maximum atomic E-state index is 11.1. The average Bonchev–Trinajstić information content (AvgIpc) is 2.51. The second-order valence-corrected chi connectivity index (χ2v) is 4.73. The van der Waals surface area contributed by atoms with E-state index in [1.165, 1.54) is 13.8 Å². The van der Waals surface area contributed by atoms with Crippen LogP contribution in [-0.2, 0) is 23.7 Å². The van der Waals surface area contributed by atoms with Crippen LogP contribution >= 0.6 is 0 Å². The fraction of sp³-hybridized carbons (Fsp3) is 0.900. The number of carboxylic acid groups (broad SMARTS) is 1. The predicted molar refractivity (Wildman–Crippen MR) is 54.3 cm³/mol. The van der Waals surface area contributed by atoms with Crippen LogP contribution in [0.15, 0.2) is 0 Å². The molecule has 2 aliphatic rings. The summed E-state index contributed by atoms with van der Waals surface area (Å²) >= 11 is 0. The lowest BCUT2D eigenvalue weighted by Crippen LogP contribution is -2.58. The number of carboxylic acids is 1. The first kappa shape index (κ1) is 13.7. The molecule has 3 N–H and O–H groups in total. The number of aliphatic hydroxyl groups is 2. The molecule has 0 radical (unpaired) electrons. The highest BCUT2D eigenvalue weighted by Crippen LogP contribution is 2.38. The number of hydrogen-bond acceptors (Lipinski definition) is 7. The van der Waals surface area contributed by atoms with Gasteiger partial charge in [0, 0.05) is 0 Å². The van der Waals surface area contributed by atoms with Gasteiger partial charge in [0.2, 0.25) is 0 Å². The van der Waals surface area contributed by atoms with E-state index in [4.69, 9.17) is 24.1 Å². The first-order valence-corrected chi connectivity index (χ1v) is 5.47. The van der Waals surface area contributed by atoms with Crippen LogP contribution in [0.25, 0.3) is 0 Å². The molecule has 0 aromatic rings. The fourth-order valence-electron chi connectivity index (χ4n) is 2.09. The Kier molecular flexibility index (Phi) is 3.34. The minimum absolute atomic E-state index is 0.0271. The normalized spacial score (nSPS) is 43.9. The molecule has 8 heteroatoms. The van der Waals surface area contributed by atoms with Gasteiger partial charge in [-0.1, -0.05) is 0 Å². The lowest BCUT2D eigenvalue weighted by molar-refractivity contribution is -0.259. The first-order chi connectivity index (χ1) is 8.26. The Balaban J connectivity index is 2.26. The summed E-state index contributed by atoms with van der Waals surface area (Å²) in [4.78, 5) is 11.1. The van der Waals surface area contributed by atoms with Crippen molar-refractivity contribution in [2.75, 3.05) is 13.4 Å². The summed E-state index contributed by atoms with van der Waals surface area (Å²) in [6.07, 6.45) is -3.49. The molecule has 0 saturated carbocycles. The van der Waals surface area contributed by atoms with Crippen molar-refractivity contribution >= 4 is 5.97 Å². The second-order valence-electron chi connectivity index (χ2n) is 4.73.